The van der Waals surface area contributed by atoms with Gasteiger partial charge in [-0.2, -0.15) is 4.31 Å². The van der Waals surface area contributed by atoms with Gasteiger partial charge in [-0.15, -0.1) is 0 Å². The van der Waals surface area contributed by atoms with Crippen LogP contribution in [0.25, 0.3) is 0 Å². The molecule has 142 valence electrons. The Morgan fingerprint density at radius 3 is 2.35 bits per heavy atom. The number of esters is 1. The molecule has 1 heterocycles. The molecule has 8 heteroatoms. The molecule has 1 aliphatic carbocycles. The zero-order chi connectivity index (χ0) is 18.7. The van der Waals surface area contributed by atoms with Crippen molar-refractivity contribution in [2.24, 2.45) is 11.8 Å². The fourth-order valence-corrected chi connectivity index (χ4v) is 4.57. The molecule has 1 aromatic carbocycles. The Kier molecular flexibility index (Phi) is 5.62. The summed E-state index contributed by atoms with van der Waals surface area (Å²) in [6, 6.07) is 6.05. The maximum atomic E-state index is 12.6. The van der Waals surface area contributed by atoms with Gasteiger partial charge in [-0.1, -0.05) is 13.3 Å². The Morgan fingerprint density at radius 1 is 1.15 bits per heavy atom. The van der Waals surface area contributed by atoms with Crippen molar-refractivity contribution in [3.05, 3.63) is 24.3 Å². The predicted molar refractivity (Wildman–Crippen MR) is 95.9 cm³/mol. The number of hydrogen-bond acceptors (Lipinski definition) is 5. The van der Waals surface area contributed by atoms with Crippen LogP contribution < -0.4 is 5.32 Å². The van der Waals surface area contributed by atoms with E-state index in [0.717, 1.165) is 25.7 Å². The minimum absolute atomic E-state index is 0.0814. The van der Waals surface area contributed by atoms with E-state index in [4.69, 9.17) is 4.74 Å². The van der Waals surface area contributed by atoms with Crippen LogP contribution >= 0.6 is 0 Å². The molecule has 26 heavy (non-hydrogen) atoms. The van der Waals surface area contributed by atoms with Crippen LogP contribution in [0.5, 0.6) is 0 Å². The number of piperidine rings is 1. The second-order valence-corrected chi connectivity index (χ2v) is 8.90. The lowest BCUT2D eigenvalue weighted by Crippen LogP contribution is -2.35. The van der Waals surface area contributed by atoms with Crippen LogP contribution in [0.1, 0.15) is 32.6 Å². The lowest BCUT2D eigenvalue weighted by Gasteiger charge is -2.25. The molecule has 0 aromatic heterocycles. The lowest BCUT2D eigenvalue weighted by molar-refractivity contribution is -0.148. The van der Waals surface area contributed by atoms with E-state index in [-0.39, 0.29) is 23.4 Å². The molecular formula is C18H24N2O5S. The number of amides is 1. The number of carbonyl (C=O) groups is 2. The van der Waals surface area contributed by atoms with Gasteiger partial charge in [0.15, 0.2) is 6.61 Å². The van der Waals surface area contributed by atoms with Crippen molar-refractivity contribution in [2.45, 2.75) is 37.5 Å². The summed E-state index contributed by atoms with van der Waals surface area (Å²) in [5, 5.41) is 2.60. The highest BCUT2D eigenvalue weighted by atomic mass is 32.2. The summed E-state index contributed by atoms with van der Waals surface area (Å²) < 4.78 is 31.6. The monoisotopic (exact) mass is 380 g/mol. The summed E-state index contributed by atoms with van der Waals surface area (Å²) in [6.07, 6.45) is 3.63. The number of rotatable bonds is 6. The van der Waals surface area contributed by atoms with Gasteiger partial charge in [0.25, 0.3) is 5.91 Å². The van der Waals surface area contributed by atoms with Gasteiger partial charge in [0.1, 0.15) is 0 Å². The first-order valence-corrected chi connectivity index (χ1v) is 10.4. The van der Waals surface area contributed by atoms with Crippen molar-refractivity contribution in [3.63, 3.8) is 0 Å². The Balaban J connectivity index is 1.53. The quantitative estimate of drug-likeness (QED) is 0.762. The number of ether oxygens (including phenoxy) is 1. The standard InChI is InChI=1S/C18H24N2O5S/c1-13-11-16(13)18(22)25-12-17(21)19-14-5-7-15(8-6-14)26(23,24)20-9-3-2-4-10-20/h5-8,13,16H,2-4,9-12H2,1H3,(H,19,21)/t13-,16-/m0/s1. The molecular weight excluding hydrogens is 356 g/mol. The minimum Gasteiger partial charge on any atom is -0.455 e. The second-order valence-electron chi connectivity index (χ2n) is 6.96. The van der Waals surface area contributed by atoms with Crippen molar-refractivity contribution in [1.29, 1.82) is 0 Å². The number of sulfonamides is 1. The highest BCUT2D eigenvalue weighted by Gasteiger charge is 2.40. The molecule has 2 fully saturated rings. The van der Waals surface area contributed by atoms with Crippen molar-refractivity contribution in [3.8, 4) is 0 Å². The van der Waals surface area contributed by atoms with Gasteiger partial charge in [0.05, 0.1) is 10.8 Å². The first-order chi connectivity index (χ1) is 12.4. The van der Waals surface area contributed by atoms with Gasteiger partial charge in [-0.25, -0.2) is 8.42 Å². The number of benzene rings is 1. The molecule has 7 nitrogen and oxygen atoms in total. The van der Waals surface area contributed by atoms with Gasteiger partial charge < -0.3 is 10.1 Å². The van der Waals surface area contributed by atoms with Crippen LogP contribution in [0.3, 0.4) is 0 Å². The largest absolute Gasteiger partial charge is 0.455 e. The van der Waals surface area contributed by atoms with Crippen molar-refractivity contribution < 1.29 is 22.7 Å². The fourth-order valence-electron chi connectivity index (χ4n) is 3.06. The summed E-state index contributed by atoms with van der Waals surface area (Å²) in [6.45, 7) is 2.72. The van der Waals surface area contributed by atoms with Crippen molar-refractivity contribution >= 4 is 27.6 Å². The normalized spacial score (nSPS) is 23.3. The average Bonchev–Trinajstić information content (AvgIpc) is 3.38. The second kappa shape index (κ2) is 7.75. The van der Waals surface area contributed by atoms with E-state index in [0.29, 0.717) is 24.7 Å². The summed E-state index contributed by atoms with van der Waals surface area (Å²) in [5.74, 6) is -0.532. The highest BCUT2D eigenvalue weighted by Crippen LogP contribution is 2.38. The van der Waals surface area contributed by atoms with Gasteiger partial charge in [-0.05, 0) is 49.4 Å². The minimum atomic E-state index is -3.49. The van der Waals surface area contributed by atoms with E-state index in [1.807, 2.05) is 6.92 Å². The first kappa shape index (κ1) is 18.8. The molecule has 1 amide bonds. The summed E-state index contributed by atoms with van der Waals surface area (Å²) in [7, 11) is -3.49. The molecule has 0 unspecified atom stereocenters. The number of anilines is 1. The number of carbonyl (C=O) groups excluding carboxylic acids is 2. The molecule has 1 aliphatic heterocycles. The maximum Gasteiger partial charge on any atom is 0.309 e. The molecule has 2 aliphatic rings. The van der Waals surface area contributed by atoms with Crippen LogP contribution in [0.15, 0.2) is 29.2 Å². The zero-order valence-corrected chi connectivity index (χ0v) is 15.6. The lowest BCUT2D eigenvalue weighted by atomic mass is 10.2. The van der Waals surface area contributed by atoms with E-state index in [1.54, 1.807) is 12.1 Å². The van der Waals surface area contributed by atoms with Crippen LogP contribution in [-0.4, -0.2) is 44.3 Å². The summed E-state index contributed by atoms with van der Waals surface area (Å²) in [4.78, 5) is 23.7. The molecule has 2 atom stereocenters. The Hall–Kier alpha value is -1.93. The Labute approximate surface area is 153 Å². The van der Waals surface area contributed by atoms with E-state index in [9.17, 15) is 18.0 Å². The molecule has 0 bridgehead atoms. The van der Waals surface area contributed by atoms with Gasteiger partial charge in [-0.3, -0.25) is 9.59 Å². The molecule has 1 N–H and O–H groups in total. The predicted octanol–water partition coefficient (Wildman–Crippen LogP) is 2.00. The van der Waals surface area contributed by atoms with Crippen LogP contribution in [0.4, 0.5) is 5.69 Å². The average molecular weight is 380 g/mol. The smallest absolute Gasteiger partial charge is 0.309 e. The van der Waals surface area contributed by atoms with E-state index in [2.05, 4.69) is 5.32 Å². The van der Waals surface area contributed by atoms with Crippen molar-refractivity contribution in [2.75, 3.05) is 25.0 Å². The van der Waals surface area contributed by atoms with Gasteiger partial charge in [0, 0.05) is 18.8 Å². The number of nitrogens with one attached hydrogen (secondary N) is 1. The van der Waals surface area contributed by atoms with Crippen LogP contribution in [0, 0.1) is 11.8 Å². The van der Waals surface area contributed by atoms with E-state index >= 15 is 0 Å². The summed E-state index contributed by atoms with van der Waals surface area (Å²) in [5.41, 5.74) is 0.462. The van der Waals surface area contributed by atoms with E-state index < -0.39 is 15.9 Å². The topological polar surface area (TPSA) is 92.8 Å². The maximum absolute atomic E-state index is 12.6. The number of hydrogen-bond donors (Lipinski definition) is 1. The Morgan fingerprint density at radius 2 is 1.77 bits per heavy atom. The third kappa shape index (κ3) is 4.42. The Bertz CT molecular complexity index is 769. The molecule has 0 radical (unpaired) electrons. The highest BCUT2D eigenvalue weighted by molar-refractivity contribution is 7.89. The third-order valence-corrected chi connectivity index (χ3v) is 6.76. The zero-order valence-electron chi connectivity index (χ0n) is 14.8. The number of nitrogens with zero attached hydrogens (tertiary/aromatic N) is 1. The molecule has 1 saturated carbocycles. The first-order valence-electron chi connectivity index (χ1n) is 8.94. The molecule has 1 aromatic rings. The SMILES string of the molecule is C[C@H]1C[C@@H]1C(=O)OCC(=O)Nc1ccc(S(=O)(=O)N2CCCCC2)cc1. The molecule has 1 saturated heterocycles. The van der Waals surface area contributed by atoms with Gasteiger partial charge in [0.2, 0.25) is 10.0 Å². The summed E-state index contributed by atoms with van der Waals surface area (Å²) >= 11 is 0. The third-order valence-electron chi connectivity index (χ3n) is 4.85. The molecule has 3 rings (SSSR count). The van der Waals surface area contributed by atoms with Crippen LogP contribution in [0.2, 0.25) is 0 Å². The van der Waals surface area contributed by atoms with Crippen molar-refractivity contribution in [1.82, 2.24) is 4.31 Å². The van der Waals surface area contributed by atoms with Crippen LogP contribution in [-0.2, 0) is 24.3 Å². The molecule has 0 spiro atoms. The fraction of sp³-hybridized carbons (Fsp3) is 0.556. The van der Waals surface area contributed by atoms with E-state index in [1.165, 1.54) is 16.4 Å². The van der Waals surface area contributed by atoms with Gasteiger partial charge >= 0.3 is 5.97 Å².